The molecule has 0 bridgehead atoms. The van der Waals surface area contributed by atoms with E-state index in [1.807, 2.05) is 12.2 Å². The maximum Gasteiger partial charge on any atom is 0.192 e. The van der Waals surface area contributed by atoms with Crippen molar-refractivity contribution in [2.75, 3.05) is 0 Å². The Morgan fingerprint density at radius 3 is 2.62 bits per heavy atom. The minimum Gasteiger partial charge on any atom is -0.409 e. The average molecular weight is 303 g/mol. The normalized spacial score (nSPS) is 26.4. The Labute approximate surface area is 128 Å². The van der Waals surface area contributed by atoms with Crippen LogP contribution in [0.2, 0.25) is 18.1 Å². The summed E-state index contributed by atoms with van der Waals surface area (Å²) in [6, 6.07) is 0. The number of rotatable bonds is 3. The molecule has 21 heavy (non-hydrogen) atoms. The molecule has 114 valence electrons. The van der Waals surface area contributed by atoms with Crippen LogP contribution in [-0.4, -0.2) is 25.9 Å². The predicted octanol–water partition coefficient (Wildman–Crippen LogP) is 4.05. The minimum absolute atomic E-state index is 0.0777. The van der Waals surface area contributed by atoms with Gasteiger partial charge >= 0.3 is 0 Å². The van der Waals surface area contributed by atoms with Gasteiger partial charge in [0.05, 0.1) is 17.7 Å². The van der Waals surface area contributed by atoms with Crippen molar-refractivity contribution in [3.63, 3.8) is 0 Å². The van der Waals surface area contributed by atoms with Crippen LogP contribution in [0, 0.1) is 5.92 Å². The van der Waals surface area contributed by atoms with Crippen molar-refractivity contribution < 1.29 is 9.22 Å². The van der Waals surface area contributed by atoms with Crippen molar-refractivity contribution in [3.8, 4) is 0 Å². The predicted molar refractivity (Wildman–Crippen MR) is 90.0 cm³/mol. The molecule has 2 rings (SSSR count). The molecular weight excluding hydrogens is 278 g/mol. The first-order chi connectivity index (χ1) is 9.63. The van der Waals surface area contributed by atoms with E-state index in [1.165, 1.54) is 0 Å². The van der Waals surface area contributed by atoms with Crippen LogP contribution < -0.4 is 0 Å². The van der Waals surface area contributed by atoms with Crippen LogP contribution in [0.1, 0.15) is 27.2 Å². The highest BCUT2D eigenvalue weighted by Gasteiger charge is 2.44. The van der Waals surface area contributed by atoms with Gasteiger partial charge in [-0.1, -0.05) is 39.5 Å². The quantitative estimate of drug-likeness (QED) is 0.738. The monoisotopic (exact) mass is 303 g/mol. The van der Waals surface area contributed by atoms with Gasteiger partial charge in [-0.05, 0) is 36.2 Å². The number of carbonyl (C=O) groups excluding carboxylic acids is 1. The Morgan fingerprint density at radius 2 is 2.05 bits per heavy atom. The molecule has 4 heteroatoms. The van der Waals surface area contributed by atoms with Gasteiger partial charge in [-0.15, -0.1) is 0 Å². The molecule has 0 aromatic heterocycles. The third-order valence-electron chi connectivity index (χ3n) is 4.66. The second-order valence-corrected chi connectivity index (χ2v) is 12.0. The molecule has 0 spiro atoms. The summed E-state index contributed by atoms with van der Waals surface area (Å²) >= 11 is 0. The fraction of sp³-hybridized carbons (Fsp3) is 0.529. The Hall–Kier alpha value is -1.26. The van der Waals surface area contributed by atoms with E-state index >= 15 is 0 Å². The number of carbonyl (C=O) groups is 1. The molecule has 2 aliphatic rings. The highest BCUT2D eigenvalue weighted by molar-refractivity contribution is 6.74. The van der Waals surface area contributed by atoms with E-state index in [9.17, 15) is 4.79 Å². The molecule has 0 saturated heterocycles. The van der Waals surface area contributed by atoms with Crippen molar-refractivity contribution in [1.29, 1.82) is 0 Å². The first kappa shape index (κ1) is 16.1. The molecule has 0 radical (unpaired) electrons. The van der Waals surface area contributed by atoms with E-state index in [1.54, 1.807) is 12.3 Å². The van der Waals surface area contributed by atoms with Crippen LogP contribution in [0.5, 0.6) is 0 Å². The van der Waals surface area contributed by atoms with Crippen LogP contribution in [0.25, 0.3) is 0 Å². The molecule has 0 aromatic carbocycles. The van der Waals surface area contributed by atoms with Gasteiger partial charge in [0.25, 0.3) is 0 Å². The third-order valence-corrected chi connectivity index (χ3v) is 9.14. The first-order valence-electron chi connectivity index (χ1n) is 7.44. The second-order valence-electron chi connectivity index (χ2n) is 7.29. The lowest BCUT2D eigenvalue weighted by molar-refractivity contribution is -0.116. The summed E-state index contributed by atoms with van der Waals surface area (Å²) in [5.41, 5.74) is 1.71. The van der Waals surface area contributed by atoms with Gasteiger partial charge < -0.3 is 4.43 Å². The second kappa shape index (κ2) is 5.50. The van der Waals surface area contributed by atoms with Crippen molar-refractivity contribution >= 4 is 19.8 Å². The van der Waals surface area contributed by atoms with Gasteiger partial charge in [0.15, 0.2) is 14.1 Å². The maximum atomic E-state index is 12.3. The van der Waals surface area contributed by atoms with E-state index in [2.05, 4.69) is 45.4 Å². The van der Waals surface area contributed by atoms with Crippen molar-refractivity contribution in [2.45, 2.75) is 51.4 Å². The summed E-state index contributed by atoms with van der Waals surface area (Å²) in [5, 5.41) is 0.113. The molecule has 0 aromatic rings. The molecule has 0 N–H and O–H groups in total. The fourth-order valence-electron chi connectivity index (χ4n) is 2.31. The smallest absolute Gasteiger partial charge is 0.192 e. The Balaban J connectivity index is 2.26. The van der Waals surface area contributed by atoms with Crippen molar-refractivity contribution in [1.82, 2.24) is 0 Å². The molecular formula is C17H25NO2Si. The lowest BCUT2D eigenvalue weighted by atomic mass is 9.90. The summed E-state index contributed by atoms with van der Waals surface area (Å²) < 4.78 is 6.43. The van der Waals surface area contributed by atoms with Gasteiger partial charge in [0.2, 0.25) is 0 Å². The zero-order chi connectivity index (χ0) is 15.8. The molecule has 0 fully saturated rings. The summed E-state index contributed by atoms with van der Waals surface area (Å²) in [6.45, 7) is 15.1. The molecule has 3 nitrogen and oxygen atoms in total. The SMILES string of the molecule is C=C1CC=CN=C1C1C(=O)C=CC1O[Si](C)(C)C(C)(C)C. The molecule has 1 heterocycles. The summed E-state index contributed by atoms with van der Waals surface area (Å²) in [7, 11) is -1.93. The van der Waals surface area contributed by atoms with Gasteiger partial charge in [-0.2, -0.15) is 0 Å². The van der Waals surface area contributed by atoms with E-state index in [0.717, 1.165) is 17.7 Å². The number of hydrogen-bond acceptors (Lipinski definition) is 3. The Morgan fingerprint density at radius 1 is 1.38 bits per heavy atom. The largest absolute Gasteiger partial charge is 0.409 e. The Kier molecular flexibility index (Phi) is 4.22. The van der Waals surface area contributed by atoms with E-state index in [-0.39, 0.29) is 22.8 Å². The molecule has 0 saturated carbocycles. The number of hydrogen-bond donors (Lipinski definition) is 0. The average Bonchev–Trinajstić information content (AvgIpc) is 2.69. The number of ketones is 1. The van der Waals surface area contributed by atoms with Crippen molar-refractivity contribution in [3.05, 3.63) is 36.6 Å². The Bertz CT molecular complexity index is 550. The number of nitrogens with zero attached hydrogens (tertiary/aromatic N) is 1. The molecule has 0 amide bonds. The molecule has 2 unspecified atom stereocenters. The number of allylic oxidation sites excluding steroid dienone is 3. The molecule has 2 atom stereocenters. The van der Waals surface area contributed by atoms with E-state index < -0.39 is 8.32 Å². The summed E-state index contributed by atoms with van der Waals surface area (Å²) in [4.78, 5) is 16.7. The van der Waals surface area contributed by atoms with Gasteiger partial charge in [-0.3, -0.25) is 9.79 Å². The highest BCUT2D eigenvalue weighted by atomic mass is 28.4. The maximum absolute atomic E-state index is 12.3. The van der Waals surface area contributed by atoms with Gasteiger partial charge in [0, 0.05) is 6.20 Å². The van der Waals surface area contributed by atoms with Crippen LogP contribution in [0.4, 0.5) is 0 Å². The van der Waals surface area contributed by atoms with Gasteiger partial charge in [-0.25, -0.2) is 0 Å². The first-order valence-corrected chi connectivity index (χ1v) is 10.3. The third kappa shape index (κ3) is 3.16. The lowest BCUT2D eigenvalue weighted by Crippen LogP contribution is -2.46. The lowest BCUT2D eigenvalue weighted by Gasteiger charge is -2.39. The molecule has 1 aliphatic carbocycles. The van der Waals surface area contributed by atoms with Crippen LogP contribution in [-0.2, 0) is 9.22 Å². The number of aliphatic imine (C=N–C) groups is 1. The highest BCUT2D eigenvalue weighted by Crippen LogP contribution is 2.39. The fourth-order valence-corrected chi connectivity index (χ4v) is 3.55. The van der Waals surface area contributed by atoms with Crippen LogP contribution in [0.3, 0.4) is 0 Å². The summed E-state index contributed by atoms with van der Waals surface area (Å²) in [6.07, 6.45) is 7.80. The zero-order valence-corrected chi connectivity index (χ0v) is 14.6. The van der Waals surface area contributed by atoms with E-state index in [0.29, 0.717) is 0 Å². The van der Waals surface area contributed by atoms with Crippen LogP contribution in [0.15, 0.2) is 41.6 Å². The minimum atomic E-state index is -1.93. The molecule has 1 aliphatic heterocycles. The van der Waals surface area contributed by atoms with E-state index in [4.69, 9.17) is 4.43 Å². The standard InChI is InChI=1S/C17H25NO2Si/c1-12-8-7-11-18-16(12)15-13(19)9-10-14(15)20-21(5,6)17(2,3)4/h7,9-11,14-15H,1,8H2,2-6H3. The zero-order valence-electron chi connectivity index (χ0n) is 13.6. The van der Waals surface area contributed by atoms with Gasteiger partial charge in [0.1, 0.15) is 0 Å². The topological polar surface area (TPSA) is 38.7 Å². The van der Waals surface area contributed by atoms with Crippen molar-refractivity contribution in [2.24, 2.45) is 10.9 Å². The van der Waals surface area contributed by atoms with Crippen LogP contribution >= 0.6 is 0 Å². The summed E-state index contributed by atoms with van der Waals surface area (Å²) in [5.74, 6) is -0.245.